The Morgan fingerprint density at radius 3 is 3.00 bits per heavy atom. The van der Waals surface area contributed by atoms with Crippen molar-refractivity contribution in [1.29, 1.82) is 0 Å². The highest BCUT2D eigenvalue weighted by molar-refractivity contribution is 5.94. The highest BCUT2D eigenvalue weighted by Crippen LogP contribution is 2.28. The van der Waals surface area contributed by atoms with Crippen molar-refractivity contribution < 1.29 is 0 Å². The molecule has 3 rings (SSSR count). The van der Waals surface area contributed by atoms with Gasteiger partial charge in [0.2, 0.25) is 0 Å². The van der Waals surface area contributed by atoms with Crippen LogP contribution in [-0.2, 0) is 7.05 Å². The van der Waals surface area contributed by atoms with Gasteiger partial charge in [-0.15, -0.1) is 0 Å². The van der Waals surface area contributed by atoms with E-state index in [1.165, 1.54) is 10.9 Å². The number of aromatic amines is 1. The Kier molecular flexibility index (Phi) is 2.11. The van der Waals surface area contributed by atoms with Crippen molar-refractivity contribution in [3.63, 3.8) is 0 Å². The summed E-state index contributed by atoms with van der Waals surface area (Å²) in [5.74, 6) is 0. The first-order valence-corrected chi connectivity index (χ1v) is 5.50. The van der Waals surface area contributed by atoms with E-state index in [2.05, 4.69) is 33.4 Å². The number of rotatable bonds is 2. The average molecular weight is 223 g/mol. The molecule has 0 spiro atoms. The zero-order chi connectivity index (χ0) is 11.8. The SMILES string of the molecule is C=Cc1ccc(-c2cn(C)c3cnccc23)[nH]1. The van der Waals surface area contributed by atoms with E-state index >= 15 is 0 Å². The van der Waals surface area contributed by atoms with Crippen molar-refractivity contribution in [2.45, 2.75) is 0 Å². The van der Waals surface area contributed by atoms with Gasteiger partial charge in [-0.05, 0) is 24.3 Å². The maximum absolute atomic E-state index is 4.15. The minimum atomic E-state index is 1.03. The van der Waals surface area contributed by atoms with Crippen molar-refractivity contribution in [3.8, 4) is 11.3 Å². The maximum atomic E-state index is 4.15. The Morgan fingerprint density at radius 2 is 2.24 bits per heavy atom. The van der Waals surface area contributed by atoms with E-state index in [-0.39, 0.29) is 0 Å². The summed E-state index contributed by atoms with van der Waals surface area (Å²) in [4.78, 5) is 7.49. The molecule has 0 aliphatic carbocycles. The first kappa shape index (κ1) is 9.90. The lowest BCUT2D eigenvalue weighted by Crippen LogP contribution is -1.83. The quantitative estimate of drug-likeness (QED) is 0.711. The number of H-pyrrole nitrogens is 1. The molecule has 84 valence electrons. The van der Waals surface area contributed by atoms with Crippen LogP contribution in [0.5, 0.6) is 0 Å². The van der Waals surface area contributed by atoms with Gasteiger partial charge < -0.3 is 9.55 Å². The summed E-state index contributed by atoms with van der Waals surface area (Å²) < 4.78 is 2.09. The van der Waals surface area contributed by atoms with Crippen LogP contribution in [0.1, 0.15) is 5.69 Å². The van der Waals surface area contributed by atoms with E-state index in [0.29, 0.717) is 0 Å². The van der Waals surface area contributed by atoms with Gasteiger partial charge in [-0.1, -0.05) is 6.58 Å². The summed E-state index contributed by atoms with van der Waals surface area (Å²) in [6, 6.07) is 6.15. The van der Waals surface area contributed by atoms with Crippen molar-refractivity contribution in [2.24, 2.45) is 7.05 Å². The highest BCUT2D eigenvalue weighted by atomic mass is 14.9. The first-order valence-electron chi connectivity index (χ1n) is 5.50. The summed E-state index contributed by atoms with van der Waals surface area (Å²) in [5, 5.41) is 1.21. The molecule has 0 unspecified atom stereocenters. The van der Waals surface area contributed by atoms with E-state index < -0.39 is 0 Å². The Balaban J connectivity index is 2.26. The predicted octanol–water partition coefficient (Wildman–Crippen LogP) is 3.21. The fraction of sp³-hybridized carbons (Fsp3) is 0.0714. The number of aryl methyl sites for hydroxylation is 1. The third-order valence-corrected chi connectivity index (χ3v) is 3.01. The molecule has 0 radical (unpaired) electrons. The Hall–Kier alpha value is -2.29. The van der Waals surface area contributed by atoms with Crippen molar-refractivity contribution in [2.75, 3.05) is 0 Å². The molecule has 3 heterocycles. The lowest BCUT2D eigenvalue weighted by atomic mass is 10.1. The second-order valence-electron chi connectivity index (χ2n) is 4.08. The van der Waals surface area contributed by atoms with Gasteiger partial charge in [0.25, 0.3) is 0 Å². The fourth-order valence-corrected chi connectivity index (χ4v) is 2.13. The molecular weight excluding hydrogens is 210 g/mol. The summed E-state index contributed by atoms with van der Waals surface area (Å²) in [6.07, 6.45) is 7.64. The average Bonchev–Trinajstić information content (AvgIpc) is 2.95. The lowest BCUT2D eigenvalue weighted by molar-refractivity contribution is 0.965. The van der Waals surface area contributed by atoms with Gasteiger partial charge in [-0.25, -0.2) is 0 Å². The lowest BCUT2D eigenvalue weighted by Gasteiger charge is -1.95. The van der Waals surface area contributed by atoms with Crippen LogP contribution in [0.25, 0.3) is 28.2 Å². The number of hydrogen-bond acceptors (Lipinski definition) is 1. The molecule has 0 aliphatic heterocycles. The van der Waals surface area contributed by atoms with Crippen LogP contribution in [0.3, 0.4) is 0 Å². The van der Waals surface area contributed by atoms with Crippen LogP contribution < -0.4 is 0 Å². The number of nitrogens with one attached hydrogen (secondary N) is 1. The van der Waals surface area contributed by atoms with Gasteiger partial charge in [-0.2, -0.15) is 0 Å². The maximum Gasteiger partial charge on any atom is 0.0671 e. The Labute approximate surface area is 99.4 Å². The molecule has 1 N–H and O–H groups in total. The fourth-order valence-electron chi connectivity index (χ4n) is 2.13. The molecular formula is C14H13N3. The molecule has 17 heavy (non-hydrogen) atoms. The van der Waals surface area contributed by atoms with Crippen molar-refractivity contribution in [3.05, 3.63) is 49.1 Å². The molecule has 0 aliphatic rings. The monoisotopic (exact) mass is 223 g/mol. The number of pyridine rings is 1. The predicted molar refractivity (Wildman–Crippen MR) is 70.6 cm³/mol. The Morgan fingerprint density at radius 1 is 1.35 bits per heavy atom. The first-order chi connectivity index (χ1) is 8.29. The molecule has 0 aromatic carbocycles. The minimum Gasteiger partial charge on any atom is -0.355 e. The van der Waals surface area contributed by atoms with Gasteiger partial charge in [-0.3, -0.25) is 4.98 Å². The topological polar surface area (TPSA) is 33.6 Å². The molecule has 3 aromatic heterocycles. The number of nitrogens with zero attached hydrogens (tertiary/aromatic N) is 2. The molecule has 3 heteroatoms. The van der Waals surface area contributed by atoms with E-state index in [4.69, 9.17) is 0 Å². The zero-order valence-corrected chi connectivity index (χ0v) is 9.64. The Bertz CT molecular complexity index is 688. The zero-order valence-electron chi connectivity index (χ0n) is 9.64. The smallest absolute Gasteiger partial charge is 0.0671 e. The van der Waals surface area contributed by atoms with Gasteiger partial charge >= 0.3 is 0 Å². The van der Waals surface area contributed by atoms with Crippen LogP contribution in [0, 0.1) is 0 Å². The van der Waals surface area contributed by atoms with Crippen LogP contribution in [0.4, 0.5) is 0 Å². The molecule has 0 saturated heterocycles. The van der Waals surface area contributed by atoms with Crippen LogP contribution in [0.15, 0.2) is 43.4 Å². The summed E-state index contributed by atoms with van der Waals surface area (Å²) in [7, 11) is 2.03. The van der Waals surface area contributed by atoms with E-state index in [1.807, 2.05) is 37.7 Å². The second-order valence-corrected chi connectivity index (χ2v) is 4.08. The van der Waals surface area contributed by atoms with E-state index in [9.17, 15) is 0 Å². The molecule has 0 atom stereocenters. The van der Waals surface area contributed by atoms with Crippen LogP contribution in [-0.4, -0.2) is 14.5 Å². The van der Waals surface area contributed by atoms with E-state index in [1.54, 1.807) is 0 Å². The normalized spacial score (nSPS) is 10.9. The van der Waals surface area contributed by atoms with Gasteiger partial charge in [0, 0.05) is 41.8 Å². The summed E-state index contributed by atoms with van der Waals surface area (Å²) in [6.45, 7) is 3.76. The molecule has 3 aromatic rings. The third kappa shape index (κ3) is 1.47. The van der Waals surface area contributed by atoms with Crippen molar-refractivity contribution >= 4 is 17.0 Å². The van der Waals surface area contributed by atoms with Crippen molar-refractivity contribution in [1.82, 2.24) is 14.5 Å². The second kappa shape index (κ2) is 3.63. The summed E-state index contributed by atoms with van der Waals surface area (Å²) in [5.41, 5.74) is 4.47. The largest absolute Gasteiger partial charge is 0.355 e. The highest BCUT2D eigenvalue weighted by Gasteiger charge is 2.09. The van der Waals surface area contributed by atoms with Gasteiger partial charge in [0.15, 0.2) is 0 Å². The molecule has 3 nitrogen and oxygen atoms in total. The van der Waals surface area contributed by atoms with Gasteiger partial charge in [0.05, 0.1) is 11.7 Å². The van der Waals surface area contributed by atoms with Crippen LogP contribution >= 0.6 is 0 Å². The molecule has 0 amide bonds. The number of fused-ring (bicyclic) bond motifs is 1. The summed E-state index contributed by atoms with van der Waals surface area (Å²) >= 11 is 0. The van der Waals surface area contributed by atoms with Gasteiger partial charge in [0.1, 0.15) is 0 Å². The molecule has 0 bridgehead atoms. The molecule has 0 saturated carbocycles. The van der Waals surface area contributed by atoms with E-state index in [0.717, 1.165) is 16.9 Å². The van der Waals surface area contributed by atoms with Crippen LogP contribution in [0.2, 0.25) is 0 Å². The molecule has 0 fully saturated rings. The number of aromatic nitrogens is 3. The minimum absolute atomic E-state index is 1.03. The standard InChI is InChI=1S/C14H13N3/c1-3-10-4-5-13(16-10)12-9-17(2)14-8-15-7-6-11(12)14/h3-9,16H,1H2,2H3. The third-order valence-electron chi connectivity index (χ3n) is 3.01. The number of hydrogen-bond donors (Lipinski definition) is 1.